The van der Waals surface area contributed by atoms with Crippen LogP contribution in [0.1, 0.15) is 103 Å². The smallest absolute Gasteiger partial charge is 0.329 e. The van der Waals surface area contributed by atoms with Crippen molar-refractivity contribution in [2.45, 2.75) is 115 Å². The van der Waals surface area contributed by atoms with Crippen LogP contribution >= 0.6 is 21.6 Å². The summed E-state index contributed by atoms with van der Waals surface area (Å²) in [6, 6.07) is 12.6. The highest BCUT2D eigenvalue weighted by atomic mass is 33.1. The van der Waals surface area contributed by atoms with E-state index < -0.39 is 35.2 Å². The maximum Gasteiger partial charge on any atom is 0.329 e. The minimum Gasteiger partial charge on any atom is -0.458 e. The number of benzene rings is 2. The van der Waals surface area contributed by atoms with E-state index in [1.54, 1.807) is 65.8 Å². The zero-order valence-electron chi connectivity index (χ0n) is 27.6. The third-order valence-electron chi connectivity index (χ3n) is 6.81. The first-order valence-corrected chi connectivity index (χ1v) is 17.2. The molecule has 0 spiro atoms. The van der Waals surface area contributed by atoms with E-state index in [0.717, 1.165) is 0 Å². The molecule has 0 aliphatic rings. The van der Waals surface area contributed by atoms with Gasteiger partial charge in [0.2, 0.25) is 0 Å². The average Bonchev–Trinajstić information content (AvgIpc) is 2.94. The van der Waals surface area contributed by atoms with Crippen LogP contribution in [0.25, 0.3) is 0 Å². The first-order chi connectivity index (χ1) is 20.5. The fraction of sp³-hybridized carbons (Fsp3) is 0.529. The second kappa shape index (κ2) is 16.4. The molecule has 0 fully saturated rings. The summed E-state index contributed by atoms with van der Waals surface area (Å²) in [6.07, 6.45) is 1.36. The highest BCUT2D eigenvalue weighted by molar-refractivity contribution is 8.76. The molecular weight excluding hydrogens is 601 g/mol. The lowest BCUT2D eigenvalue weighted by atomic mass is 9.99. The molecule has 10 heteroatoms. The molecule has 0 aliphatic carbocycles. The Labute approximate surface area is 270 Å². The van der Waals surface area contributed by atoms with Crippen molar-refractivity contribution in [3.63, 3.8) is 0 Å². The average molecular weight is 649 g/mol. The Morgan fingerprint density at radius 1 is 0.682 bits per heavy atom. The lowest BCUT2D eigenvalue weighted by Gasteiger charge is -2.28. The van der Waals surface area contributed by atoms with Crippen molar-refractivity contribution in [3.8, 4) is 0 Å². The molecule has 0 unspecified atom stereocenters. The Morgan fingerprint density at radius 3 is 1.30 bits per heavy atom. The van der Waals surface area contributed by atoms with Crippen LogP contribution in [0, 0.1) is 11.8 Å². The third-order valence-corrected chi connectivity index (χ3v) is 9.29. The molecular formula is C34H48N2O6S2. The summed E-state index contributed by atoms with van der Waals surface area (Å²) in [5.74, 6) is -1.97. The van der Waals surface area contributed by atoms with Crippen molar-refractivity contribution in [1.82, 2.24) is 10.6 Å². The Kier molecular flexibility index (Phi) is 13.8. The molecule has 2 rings (SSSR count). The summed E-state index contributed by atoms with van der Waals surface area (Å²) in [5, 5.41) is 5.79. The van der Waals surface area contributed by atoms with Gasteiger partial charge >= 0.3 is 11.9 Å². The van der Waals surface area contributed by atoms with Gasteiger partial charge in [-0.2, -0.15) is 0 Å². The van der Waals surface area contributed by atoms with Crippen molar-refractivity contribution in [2.24, 2.45) is 11.8 Å². The number of esters is 2. The Morgan fingerprint density at radius 2 is 1.00 bits per heavy atom. The third kappa shape index (κ3) is 11.5. The first kappa shape index (κ1) is 37.2. The van der Waals surface area contributed by atoms with Crippen LogP contribution in [0.4, 0.5) is 0 Å². The molecule has 0 saturated heterocycles. The van der Waals surface area contributed by atoms with Crippen LogP contribution in [-0.2, 0) is 19.1 Å². The number of carbonyl (C=O) groups is 4. The van der Waals surface area contributed by atoms with Gasteiger partial charge < -0.3 is 20.1 Å². The minimum atomic E-state index is -0.801. The van der Waals surface area contributed by atoms with Crippen LogP contribution < -0.4 is 10.6 Å². The molecule has 0 radical (unpaired) electrons. The summed E-state index contributed by atoms with van der Waals surface area (Å²) in [5.41, 5.74) is -0.547. The standard InChI is InChI=1S/C34H48N2O6S2/c1-11-21(3)27(31(39)41-33(5,6)7)35-29(37)23-17-13-15-19-25(23)43-44-26-20-16-14-18-24(26)30(38)36-28(22(4)12-2)32(40)42-34(8,9)10/h13-22,27-28H,11-12H2,1-10H3,(H,35,37)(H,36,38)/t21-,22-,27-,28-/m0/s1/i29+2,30+2. The summed E-state index contributed by atoms with van der Waals surface area (Å²) >= 11 is 0. The number of ether oxygens (including phenoxy) is 2. The molecule has 2 amide bonds. The zero-order valence-corrected chi connectivity index (χ0v) is 29.2. The normalized spacial score (nSPS) is 14.5. The van der Waals surface area contributed by atoms with Crippen molar-refractivity contribution < 1.29 is 28.7 Å². The van der Waals surface area contributed by atoms with Gasteiger partial charge in [0.15, 0.2) is 0 Å². The second-order valence-electron chi connectivity index (χ2n) is 12.9. The Hall–Kier alpha value is -2.98. The van der Waals surface area contributed by atoms with Gasteiger partial charge in [-0.15, -0.1) is 0 Å². The summed E-state index contributed by atoms with van der Waals surface area (Å²) in [7, 11) is 2.66. The number of rotatable bonds is 13. The van der Waals surface area contributed by atoms with E-state index >= 15 is 0 Å². The molecule has 2 aromatic carbocycles. The molecule has 0 aliphatic heterocycles. The van der Waals surface area contributed by atoms with Crippen LogP contribution in [0.2, 0.25) is 0 Å². The molecule has 242 valence electrons. The Balaban J connectivity index is 2.26. The van der Waals surface area contributed by atoms with Gasteiger partial charge in [-0.1, -0.05) is 86.4 Å². The van der Waals surface area contributed by atoms with E-state index in [9.17, 15) is 19.2 Å². The van der Waals surface area contributed by atoms with Crippen molar-refractivity contribution >= 4 is 45.3 Å². The highest BCUT2D eigenvalue weighted by Crippen LogP contribution is 2.40. The lowest BCUT2D eigenvalue weighted by Crippen LogP contribution is -2.48. The molecule has 0 heterocycles. The molecule has 0 bridgehead atoms. The second-order valence-corrected chi connectivity index (χ2v) is 15.1. The van der Waals surface area contributed by atoms with E-state index in [1.165, 1.54) is 21.6 Å². The van der Waals surface area contributed by atoms with Gasteiger partial charge in [-0.25, -0.2) is 9.59 Å². The van der Waals surface area contributed by atoms with Gasteiger partial charge in [0.25, 0.3) is 11.8 Å². The quantitative estimate of drug-likeness (QED) is 0.170. The monoisotopic (exact) mass is 648 g/mol. The van der Waals surface area contributed by atoms with Gasteiger partial charge in [0.1, 0.15) is 23.3 Å². The highest BCUT2D eigenvalue weighted by Gasteiger charge is 2.33. The Bertz CT molecular complexity index is 1200. The summed E-state index contributed by atoms with van der Waals surface area (Å²) < 4.78 is 11.2. The summed E-state index contributed by atoms with van der Waals surface area (Å²) in [4.78, 5) is 54.2. The van der Waals surface area contributed by atoms with Crippen LogP contribution in [0.15, 0.2) is 58.3 Å². The number of amides is 2. The van der Waals surface area contributed by atoms with Crippen LogP contribution in [-0.4, -0.2) is 47.0 Å². The van der Waals surface area contributed by atoms with E-state index in [4.69, 9.17) is 9.47 Å². The number of hydrogen-bond donors (Lipinski definition) is 2. The largest absolute Gasteiger partial charge is 0.458 e. The molecule has 2 N–H and O–H groups in total. The van der Waals surface area contributed by atoms with Crippen LogP contribution in [0.5, 0.6) is 0 Å². The maximum atomic E-state index is 13.5. The molecule has 0 aromatic heterocycles. The summed E-state index contributed by atoms with van der Waals surface area (Å²) in [6.45, 7) is 18.5. The van der Waals surface area contributed by atoms with Crippen molar-refractivity contribution in [2.75, 3.05) is 0 Å². The first-order valence-electron chi connectivity index (χ1n) is 15.1. The molecule has 8 nitrogen and oxygen atoms in total. The van der Waals surface area contributed by atoms with Gasteiger partial charge in [0.05, 0.1) is 11.1 Å². The molecule has 44 heavy (non-hydrogen) atoms. The predicted molar refractivity (Wildman–Crippen MR) is 178 cm³/mol. The SMILES string of the molecule is CC[C@H](C)[C@H](N[14C](=O)c1ccccc1SSc1ccccc1[14C](=O)N[C@H](C(=O)OC(C)(C)C)[C@@H](C)CC)C(=O)OC(C)(C)C. The predicted octanol–water partition coefficient (Wildman–Crippen LogP) is 7.46. The fourth-order valence-electron chi connectivity index (χ4n) is 4.05. The van der Waals surface area contributed by atoms with Crippen molar-refractivity contribution in [1.29, 1.82) is 0 Å². The lowest BCUT2D eigenvalue weighted by molar-refractivity contribution is -0.159. The van der Waals surface area contributed by atoms with Gasteiger partial charge in [-0.3, -0.25) is 9.59 Å². The van der Waals surface area contributed by atoms with E-state index in [1.807, 2.05) is 52.0 Å². The van der Waals surface area contributed by atoms with E-state index in [-0.39, 0.29) is 23.7 Å². The zero-order chi connectivity index (χ0) is 33.2. The number of carbonyl (C=O) groups excluding carboxylic acids is 4. The van der Waals surface area contributed by atoms with Gasteiger partial charge in [0, 0.05) is 9.79 Å². The van der Waals surface area contributed by atoms with E-state index in [0.29, 0.717) is 33.8 Å². The topological polar surface area (TPSA) is 111 Å². The molecule has 0 saturated carbocycles. The van der Waals surface area contributed by atoms with Crippen LogP contribution in [0.3, 0.4) is 0 Å². The van der Waals surface area contributed by atoms with Gasteiger partial charge in [-0.05, 0) is 77.6 Å². The fourth-order valence-corrected chi connectivity index (χ4v) is 6.41. The van der Waals surface area contributed by atoms with Crippen molar-refractivity contribution in [3.05, 3.63) is 59.7 Å². The minimum absolute atomic E-state index is 0.131. The van der Waals surface area contributed by atoms with E-state index in [2.05, 4.69) is 10.6 Å². The maximum absolute atomic E-state index is 13.5. The molecule has 4 atom stereocenters. The number of nitrogens with one attached hydrogen (secondary N) is 2. The molecule has 2 aromatic rings. The number of hydrogen-bond acceptors (Lipinski definition) is 8.